The smallest absolute Gasteiger partial charge is 0.306 e. The predicted octanol–water partition coefficient (Wildman–Crippen LogP) is 3.13. The van der Waals surface area contributed by atoms with Crippen molar-refractivity contribution in [1.82, 2.24) is 5.01 Å². The summed E-state index contributed by atoms with van der Waals surface area (Å²) in [5.41, 5.74) is 3.32. The van der Waals surface area contributed by atoms with Gasteiger partial charge < -0.3 is 19.1 Å². The minimum atomic E-state index is -0.195. The molecule has 180 valence electrons. The Morgan fingerprint density at radius 2 is 1.94 bits per heavy atom. The van der Waals surface area contributed by atoms with E-state index in [-0.39, 0.29) is 17.8 Å². The lowest BCUT2D eigenvalue weighted by molar-refractivity contribution is -0.144. The molecule has 0 N–H and O–H groups in total. The van der Waals surface area contributed by atoms with Crippen LogP contribution in [0.25, 0.3) is 0 Å². The van der Waals surface area contributed by atoms with Crippen molar-refractivity contribution >= 4 is 23.8 Å². The molecule has 0 aromatic heterocycles. The number of rotatable bonds is 7. The van der Waals surface area contributed by atoms with E-state index in [1.165, 1.54) is 0 Å². The number of benzene rings is 2. The Morgan fingerprint density at radius 1 is 1.18 bits per heavy atom. The molecule has 1 fully saturated rings. The third kappa shape index (κ3) is 5.94. The topological polar surface area (TPSA) is 80.7 Å². The van der Waals surface area contributed by atoms with Crippen LogP contribution < -0.4 is 9.64 Å². The average Bonchev–Trinajstić information content (AvgIpc) is 2.87. The number of ether oxygens (including phenoxy) is 3. The first-order chi connectivity index (χ1) is 16.5. The van der Waals surface area contributed by atoms with Crippen LogP contribution in [0.15, 0.2) is 47.6 Å². The minimum absolute atomic E-state index is 0.0991. The predicted molar refractivity (Wildman–Crippen MR) is 130 cm³/mol. The Labute approximate surface area is 200 Å². The number of hydrogen-bond acceptors (Lipinski definition) is 7. The summed E-state index contributed by atoms with van der Waals surface area (Å²) in [5.74, 6) is 0.557. The van der Waals surface area contributed by atoms with E-state index >= 15 is 0 Å². The molecule has 2 aromatic rings. The van der Waals surface area contributed by atoms with Crippen molar-refractivity contribution in [2.24, 2.45) is 11.0 Å². The molecule has 0 aliphatic carbocycles. The monoisotopic (exact) mass is 465 g/mol. The van der Waals surface area contributed by atoms with E-state index in [0.717, 1.165) is 42.1 Å². The van der Waals surface area contributed by atoms with Crippen molar-refractivity contribution in [3.63, 3.8) is 0 Å². The van der Waals surface area contributed by atoms with Gasteiger partial charge in [0.15, 0.2) is 0 Å². The highest BCUT2D eigenvalue weighted by molar-refractivity contribution is 6.06. The first kappa shape index (κ1) is 23.8. The molecule has 8 heteroatoms. The molecule has 8 nitrogen and oxygen atoms in total. The number of carbonyl (C=O) groups is 2. The fraction of sp³-hybridized carbons (Fsp3) is 0.423. The quantitative estimate of drug-likeness (QED) is 0.462. The van der Waals surface area contributed by atoms with Gasteiger partial charge in [0, 0.05) is 30.3 Å². The number of esters is 1. The Bertz CT molecular complexity index is 1030. The molecule has 0 bridgehead atoms. The number of amides is 1. The number of carbonyl (C=O) groups excluding carboxylic acids is 2. The maximum Gasteiger partial charge on any atom is 0.306 e. The maximum atomic E-state index is 13.0. The van der Waals surface area contributed by atoms with Gasteiger partial charge in [-0.15, -0.1) is 0 Å². The summed E-state index contributed by atoms with van der Waals surface area (Å²) in [7, 11) is 1.75. The zero-order chi connectivity index (χ0) is 23.9. The summed E-state index contributed by atoms with van der Waals surface area (Å²) in [6.45, 7) is 5.61. The molecule has 2 aromatic carbocycles. The van der Waals surface area contributed by atoms with Crippen LogP contribution in [0.2, 0.25) is 0 Å². The lowest BCUT2D eigenvalue weighted by atomic mass is 9.94. The van der Waals surface area contributed by atoms with E-state index in [1.807, 2.05) is 47.5 Å². The van der Waals surface area contributed by atoms with E-state index in [0.29, 0.717) is 38.4 Å². The summed E-state index contributed by atoms with van der Waals surface area (Å²) in [5, 5.41) is 6.45. The van der Waals surface area contributed by atoms with Gasteiger partial charge in [0.25, 0.3) is 5.91 Å². The van der Waals surface area contributed by atoms with Crippen molar-refractivity contribution in [2.45, 2.75) is 19.8 Å². The lowest BCUT2D eigenvalue weighted by Gasteiger charge is -2.26. The van der Waals surface area contributed by atoms with Crippen LogP contribution in [0.5, 0.6) is 5.75 Å². The molecule has 1 atom stereocenters. The Kier molecular flexibility index (Phi) is 7.80. The van der Waals surface area contributed by atoms with E-state index in [4.69, 9.17) is 14.2 Å². The van der Waals surface area contributed by atoms with Gasteiger partial charge in [-0.1, -0.05) is 18.2 Å². The third-order valence-corrected chi connectivity index (χ3v) is 6.00. The van der Waals surface area contributed by atoms with Gasteiger partial charge in [0.2, 0.25) is 0 Å². The standard InChI is InChI=1S/C26H31N3O5/c1-3-33-25(30)15-20-14-22-8-9-23(16-24(22)34-18-20)28(2)26(31)21-6-4-19(5-7-21)17-27-29-10-12-32-13-11-29/h4-9,16-17,20H,3,10-15,18H2,1-2H3. The van der Waals surface area contributed by atoms with Crippen LogP contribution in [0, 0.1) is 5.92 Å². The lowest BCUT2D eigenvalue weighted by Crippen LogP contribution is -2.32. The molecule has 1 unspecified atom stereocenters. The van der Waals surface area contributed by atoms with Gasteiger partial charge in [-0.25, -0.2) is 0 Å². The summed E-state index contributed by atoms with van der Waals surface area (Å²) in [6.07, 6.45) is 2.90. The van der Waals surface area contributed by atoms with E-state index in [1.54, 1.807) is 25.1 Å². The van der Waals surface area contributed by atoms with Gasteiger partial charge in [-0.05, 0) is 42.7 Å². The SMILES string of the molecule is CCOC(=O)CC1COc2cc(N(C)C(=O)c3ccc(C=NN4CCOCC4)cc3)ccc2C1. The van der Waals surface area contributed by atoms with Crippen LogP contribution >= 0.6 is 0 Å². The first-order valence-electron chi connectivity index (χ1n) is 11.7. The van der Waals surface area contributed by atoms with Crippen molar-refractivity contribution < 1.29 is 23.8 Å². The number of fused-ring (bicyclic) bond motifs is 1. The summed E-state index contributed by atoms with van der Waals surface area (Å²) in [6, 6.07) is 13.2. The summed E-state index contributed by atoms with van der Waals surface area (Å²) >= 11 is 0. The van der Waals surface area contributed by atoms with Crippen LogP contribution in [-0.2, 0) is 20.7 Å². The third-order valence-electron chi connectivity index (χ3n) is 6.00. The molecular weight excluding hydrogens is 434 g/mol. The Hall–Kier alpha value is -3.39. The largest absolute Gasteiger partial charge is 0.493 e. The average molecular weight is 466 g/mol. The maximum absolute atomic E-state index is 13.0. The molecule has 2 heterocycles. The van der Waals surface area contributed by atoms with Crippen LogP contribution in [-0.4, -0.2) is 69.7 Å². The molecule has 0 saturated carbocycles. The highest BCUT2D eigenvalue weighted by Crippen LogP contribution is 2.32. The van der Waals surface area contributed by atoms with Crippen molar-refractivity contribution in [3.8, 4) is 5.75 Å². The molecule has 0 spiro atoms. The number of hydrogen-bond donors (Lipinski definition) is 0. The van der Waals surface area contributed by atoms with Gasteiger partial charge in [-0.2, -0.15) is 5.10 Å². The Balaban J connectivity index is 1.37. The van der Waals surface area contributed by atoms with Gasteiger partial charge >= 0.3 is 5.97 Å². The summed E-state index contributed by atoms with van der Waals surface area (Å²) < 4.78 is 16.3. The second kappa shape index (κ2) is 11.2. The molecule has 1 amide bonds. The van der Waals surface area contributed by atoms with E-state index in [2.05, 4.69) is 5.10 Å². The van der Waals surface area contributed by atoms with Crippen molar-refractivity contribution in [3.05, 3.63) is 59.2 Å². The highest BCUT2D eigenvalue weighted by atomic mass is 16.5. The molecule has 2 aliphatic rings. The van der Waals surface area contributed by atoms with Crippen LogP contribution in [0.1, 0.15) is 34.8 Å². The highest BCUT2D eigenvalue weighted by Gasteiger charge is 2.24. The van der Waals surface area contributed by atoms with Gasteiger partial charge in [0.1, 0.15) is 5.75 Å². The van der Waals surface area contributed by atoms with Crippen molar-refractivity contribution in [1.29, 1.82) is 0 Å². The molecular formula is C26H31N3O5. The second-order valence-electron chi connectivity index (χ2n) is 8.48. The fourth-order valence-electron chi connectivity index (χ4n) is 4.06. The zero-order valence-electron chi connectivity index (χ0n) is 19.7. The molecule has 2 aliphatic heterocycles. The Morgan fingerprint density at radius 3 is 2.68 bits per heavy atom. The molecule has 4 rings (SSSR count). The van der Waals surface area contributed by atoms with Crippen molar-refractivity contribution in [2.75, 3.05) is 51.5 Å². The molecule has 34 heavy (non-hydrogen) atoms. The molecule has 1 saturated heterocycles. The normalized spacial score (nSPS) is 17.7. The fourth-order valence-corrected chi connectivity index (χ4v) is 4.06. The summed E-state index contributed by atoms with van der Waals surface area (Å²) in [4.78, 5) is 26.4. The van der Waals surface area contributed by atoms with Gasteiger partial charge in [-0.3, -0.25) is 14.6 Å². The van der Waals surface area contributed by atoms with E-state index < -0.39 is 0 Å². The number of nitrogens with zero attached hydrogens (tertiary/aromatic N) is 3. The zero-order valence-corrected chi connectivity index (χ0v) is 19.7. The number of anilines is 1. The van der Waals surface area contributed by atoms with Crippen LogP contribution in [0.3, 0.4) is 0 Å². The second-order valence-corrected chi connectivity index (χ2v) is 8.48. The van der Waals surface area contributed by atoms with Crippen LogP contribution in [0.4, 0.5) is 5.69 Å². The minimum Gasteiger partial charge on any atom is -0.493 e. The number of hydrazone groups is 1. The number of morpholine rings is 1. The molecule has 0 radical (unpaired) electrons. The van der Waals surface area contributed by atoms with Gasteiger partial charge in [0.05, 0.1) is 52.2 Å². The van der Waals surface area contributed by atoms with E-state index in [9.17, 15) is 9.59 Å². The first-order valence-corrected chi connectivity index (χ1v) is 11.7.